The molecule has 1 heterocycles. The lowest BCUT2D eigenvalue weighted by Gasteiger charge is -2.30. The number of rotatable bonds is 8. The van der Waals surface area contributed by atoms with Crippen molar-refractivity contribution in [3.63, 3.8) is 0 Å². The molecule has 0 bridgehead atoms. The summed E-state index contributed by atoms with van der Waals surface area (Å²) in [5, 5.41) is 3.38. The second-order valence-electron chi connectivity index (χ2n) is 8.37. The van der Waals surface area contributed by atoms with Crippen LogP contribution in [0.15, 0.2) is 24.3 Å². The molecule has 0 radical (unpaired) electrons. The third-order valence-electron chi connectivity index (χ3n) is 4.78. The van der Waals surface area contributed by atoms with Gasteiger partial charge in [0.1, 0.15) is 5.75 Å². The highest BCUT2D eigenvalue weighted by atomic mass is 16.5. The van der Waals surface area contributed by atoms with Gasteiger partial charge in [0.15, 0.2) is 0 Å². The van der Waals surface area contributed by atoms with Crippen molar-refractivity contribution < 1.29 is 9.53 Å². The lowest BCUT2D eigenvalue weighted by atomic mass is 9.95. The topological polar surface area (TPSA) is 41.6 Å². The summed E-state index contributed by atoms with van der Waals surface area (Å²) in [6.07, 6.45) is 3.77. The molecule has 1 aromatic rings. The van der Waals surface area contributed by atoms with Gasteiger partial charge in [0, 0.05) is 19.5 Å². The molecule has 0 spiro atoms. The molecule has 25 heavy (non-hydrogen) atoms. The van der Waals surface area contributed by atoms with Gasteiger partial charge in [-0.2, -0.15) is 0 Å². The molecule has 1 N–H and O–H groups in total. The summed E-state index contributed by atoms with van der Waals surface area (Å²) in [7, 11) is 1.68. The largest absolute Gasteiger partial charge is 0.497 e. The van der Waals surface area contributed by atoms with Gasteiger partial charge in [-0.15, -0.1) is 0 Å². The zero-order valence-corrected chi connectivity index (χ0v) is 16.3. The van der Waals surface area contributed by atoms with Gasteiger partial charge in [0.25, 0.3) is 0 Å². The number of hydrogen-bond acceptors (Lipinski definition) is 3. The first kappa shape index (κ1) is 19.8. The number of methoxy groups -OCH3 is 1. The number of benzene rings is 1. The van der Waals surface area contributed by atoms with Crippen LogP contribution in [-0.4, -0.2) is 44.1 Å². The lowest BCUT2D eigenvalue weighted by molar-refractivity contribution is -0.132. The monoisotopic (exact) mass is 346 g/mol. The van der Waals surface area contributed by atoms with Crippen LogP contribution < -0.4 is 10.1 Å². The van der Waals surface area contributed by atoms with Crippen molar-refractivity contribution in [3.05, 3.63) is 29.8 Å². The molecule has 1 aliphatic rings. The first-order valence-corrected chi connectivity index (χ1v) is 9.49. The number of nitrogens with one attached hydrogen (secondary N) is 1. The van der Waals surface area contributed by atoms with Crippen LogP contribution in [0.25, 0.3) is 0 Å². The molecule has 1 unspecified atom stereocenters. The van der Waals surface area contributed by atoms with Gasteiger partial charge in [-0.25, -0.2) is 0 Å². The van der Waals surface area contributed by atoms with Crippen molar-refractivity contribution in [3.8, 4) is 5.75 Å². The number of nitrogens with zero attached hydrogens (tertiary/aromatic N) is 1. The average molecular weight is 347 g/mol. The Labute approximate surface area is 152 Å². The second kappa shape index (κ2) is 9.23. The molecule has 2 rings (SSSR count). The van der Waals surface area contributed by atoms with Gasteiger partial charge in [0.05, 0.1) is 7.11 Å². The van der Waals surface area contributed by atoms with Crippen molar-refractivity contribution in [2.75, 3.05) is 33.3 Å². The quantitative estimate of drug-likeness (QED) is 0.783. The van der Waals surface area contributed by atoms with E-state index in [1.165, 1.54) is 12.0 Å². The number of ether oxygens (including phenoxy) is 1. The second-order valence-corrected chi connectivity index (χ2v) is 8.37. The highest BCUT2D eigenvalue weighted by molar-refractivity contribution is 5.76. The lowest BCUT2D eigenvalue weighted by Crippen LogP contribution is -2.39. The fraction of sp³-hybridized carbons (Fsp3) is 0.667. The van der Waals surface area contributed by atoms with Crippen LogP contribution >= 0.6 is 0 Å². The summed E-state index contributed by atoms with van der Waals surface area (Å²) in [6.45, 7) is 10.3. The highest BCUT2D eigenvalue weighted by Gasteiger charge is 2.22. The Hall–Kier alpha value is -1.55. The predicted molar refractivity (Wildman–Crippen MR) is 103 cm³/mol. The van der Waals surface area contributed by atoms with E-state index >= 15 is 0 Å². The van der Waals surface area contributed by atoms with Crippen LogP contribution in [0.5, 0.6) is 5.75 Å². The molecule has 1 amide bonds. The Morgan fingerprint density at radius 2 is 2.00 bits per heavy atom. The van der Waals surface area contributed by atoms with E-state index in [0.717, 1.165) is 44.8 Å². The third kappa shape index (κ3) is 7.07. The normalized spacial score (nSPS) is 17.5. The van der Waals surface area contributed by atoms with Crippen LogP contribution in [0, 0.1) is 11.3 Å². The molecule has 0 aliphatic carbocycles. The van der Waals surface area contributed by atoms with Crippen LogP contribution in [0.2, 0.25) is 0 Å². The first-order chi connectivity index (χ1) is 11.9. The minimum absolute atomic E-state index is 0.116. The van der Waals surface area contributed by atoms with E-state index in [0.29, 0.717) is 18.2 Å². The Morgan fingerprint density at radius 3 is 2.56 bits per heavy atom. The van der Waals surface area contributed by atoms with Crippen LogP contribution in [0.3, 0.4) is 0 Å². The standard InChI is InChI=1S/C21H34N2O2/c1-21(2,3)16-23(20(24)10-7-18-11-13-22-15-18)14-12-17-5-8-19(25-4)9-6-17/h5-6,8-9,18,22H,7,10-16H2,1-4H3. The third-order valence-corrected chi connectivity index (χ3v) is 4.78. The van der Waals surface area contributed by atoms with E-state index in [2.05, 4.69) is 43.1 Å². The van der Waals surface area contributed by atoms with Crippen molar-refractivity contribution in [2.45, 2.75) is 46.5 Å². The van der Waals surface area contributed by atoms with E-state index in [1.807, 2.05) is 12.1 Å². The molecule has 140 valence electrons. The summed E-state index contributed by atoms with van der Waals surface area (Å²) >= 11 is 0. The molecule has 4 heteroatoms. The van der Waals surface area contributed by atoms with Gasteiger partial charge in [-0.1, -0.05) is 32.9 Å². The van der Waals surface area contributed by atoms with Crippen molar-refractivity contribution in [2.24, 2.45) is 11.3 Å². The van der Waals surface area contributed by atoms with E-state index in [1.54, 1.807) is 7.11 Å². The summed E-state index contributed by atoms with van der Waals surface area (Å²) in [5.41, 5.74) is 1.36. The molecule has 4 nitrogen and oxygen atoms in total. The minimum Gasteiger partial charge on any atom is -0.497 e. The SMILES string of the molecule is COc1ccc(CCN(CC(C)(C)C)C(=O)CCC2CCNC2)cc1. The van der Waals surface area contributed by atoms with Crippen molar-refractivity contribution in [1.29, 1.82) is 0 Å². The molecule has 1 atom stereocenters. The van der Waals surface area contributed by atoms with Gasteiger partial charge in [-0.3, -0.25) is 4.79 Å². The van der Waals surface area contributed by atoms with Gasteiger partial charge in [0.2, 0.25) is 5.91 Å². The van der Waals surface area contributed by atoms with E-state index in [-0.39, 0.29) is 5.41 Å². The van der Waals surface area contributed by atoms with E-state index < -0.39 is 0 Å². The molecule has 1 aliphatic heterocycles. The zero-order valence-electron chi connectivity index (χ0n) is 16.3. The van der Waals surface area contributed by atoms with E-state index in [4.69, 9.17) is 4.74 Å². The van der Waals surface area contributed by atoms with Gasteiger partial charge in [-0.05, 0) is 61.4 Å². The Bertz CT molecular complexity index is 528. The molecule has 0 aromatic heterocycles. The average Bonchev–Trinajstić information content (AvgIpc) is 3.09. The Morgan fingerprint density at radius 1 is 1.28 bits per heavy atom. The summed E-state index contributed by atoms with van der Waals surface area (Å²) in [6, 6.07) is 8.14. The number of amides is 1. The van der Waals surface area contributed by atoms with Crippen LogP contribution in [-0.2, 0) is 11.2 Å². The molecule has 1 fully saturated rings. The smallest absolute Gasteiger partial charge is 0.222 e. The zero-order chi connectivity index (χ0) is 18.3. The molecular weight excluding hydrogens is 312 g/mol. The molecule has 1 saturated heterocycles. The number of carbonyl (C=O) groups is 1. The summed E-state index contributed by atoms with van der Waals surface area (Å²) in [4.78, 5) is 14.8. The molecule has 1 aromatic carbocycles. The maximum absolute atomic E-state index is 12.8. The van der Waals surface area contributed by atoms with E-state index in [9.17, 15) is 4.79 Å². The van der Waals surface area contributed by atoms with Gasteiger partial charge >= 0.3 is 0 Å². The number of carbonyl (C=O) groups excluding carboxylic acids is 1. The Balaban J connectivity index is 1.90. The predicted octanol–water partition coefficient (Wildman–Crippen LogP) is 3.50. The van der Waals surface area contributed by atoms with Crippen molar-refractivity contribution in [1.82, 2.24) is 10.2 Å². The Kier molecular flexibility index (Phi) is 7.30. The summed E-state index contributed by atoms with van der Waals surface area (Å²) in [5.74, 6) is 1.84. The van der Waals surface area contributed by atoms with Gasteiger partial charge < -0.3 is 15.0 Å². The maximum atomic E-state index is 12.8. The van der Waals surface area contributed by atoms with Crippen molar-refractivity contribution >= 4 is 5.91 Å². The molecule has 0 saturated carbocycles. The summed E-state index contributed by atoms with van der Waals surface area (Å²) < 4.78 is 5.21. The minimum atomic E-state index is 0.116. The number of hydrogen-bond donors (Lipinski definition) is 1. The fourth-order valence-corrected chi connectivity index (χ4v) is 3.37. The fourth-order valence-electron chi connectivity index (χ4n) is 3.37. The van der Waals surface area contributed by atoms with Crippen LogP contribution in [0.1, 0.15) is 45.6 Å². The van der Waals surface area contributed by atoms with Crippen LogP contribution in [0.4, 0.5) is 0 Å². The first-order valence-electron chi connectivity index (χ1n) is 9.49. The molecular formula is C21H34N2O2. The highest BCUT2D eigenvalue weighted by Crippen LogP contribution is 2.20. The maximum Gasteiger partial charge on any atom is 0.222 e.